The number of thiophene rings is 1. The van der Waals surface area contributed by atoms with E-state index in [1.165, 1.54) is 5.56 Å². The third kappa shape index (κ3) is 2.41. The van der Waals surface area contributed by atoms with Crippen LogP contribution in [-0.4, -0.2) is 0 Å². The standard InChI is InChI=1S/C12H15N3S/c13-11-4-2-1-3-10(11)12(15-14)7-9-5-6-16-8-9/h1-6,8,12,15H,7,13-14H2. The second-order valence-corrected chi connectivity index (χ2v) is 4.46. The van der Waals surface area contributed by atoms with Crippen LogP contribution in [0.1, 0.15) is 17.2 Å². The van der Waals surface area contributed by atoms with E-state index < -0.39 is 0 Å². The summed E-state index contributed by atoms with van der Waals surface area (Å²) in [5.74, 6) is 5.59. The number of hydrogen-bond donors (Lipinski definition) is 3. The molecule has 1 atom stereocenters. The predicted octanol–water partition coefficient (Wildman–Crippen LogP) is 2.08. The first-order valence-electron chi connectivity index (χ1n) is 5.13. The van der Waals surface area contributed by atoms with Crippen molar-refractivity contribution in [3.05, 3.63) is 52.2 Å². The molecule has 4 heteroatoms. The molecule has 5 N–H and O–H groups in total. The lowest BCUT2D eigenvalue weighted by molar-refractivity contribution is 0.554. The van der Waals surface area contributed by atoms with Crippen molar-refractivity contribution in [1.82, 2.24) is 5.43 Å². The van der Waals surface area contributed by atoms with Gasteiger partial charge in [0.25, 0.3) is 0 Å². The number of nitrogens with one attached hydrogen (secondary N) is 1. The van der Waals surface area contributed by atoms with E-state index >= 15 is 0 Å². The van der Waals surface area contributed by atoms with Gasteiger partial charge in [-0.3, -0.25) is 11.3 Å². The molecule has 1 aromatic heterocycles. The molecule has 3 nitrogen and oxygen atoms in total. The van der Waals surface area contributed by atoms with Crippen LogP contribution in [-0.2, 0) is 6.42 Å². The van der Waals surface area contributed by atoms with Gasteiger partial charge in [0, 0.05) is 5.69 Å². The van der Waals surface area contributed by atoms with Crippen molar-refractivity contribution in [1.29, 1.82) is 0 Å². The summed E-state index contributed by atoms with van der Waals surface area (Å²) in [4.78, 5) is 0. The van der Waals surface area contributed by atoms with Gasteiger partial charge in [-0.2, -0.15) is 11.3 Å². The topological polar surface area (TPSA) is 64.1 Å². The maximum Gasteiger partial charge on any atom is 0.0520 e. The second kappa shape index (κ2) is 5.12. The van der Waals surface area contributed by atoms with E-state index in [4.69, 9.17) is 11.6 Å². The molecule has 2 rings (SSSR count). The quantitative estimate of drug-likeness (QED) is 0.430. The average molecular weight is 233 g/mol. The minimum atomic E-state index is 0.0656. The molecule has 1 aromatic carbocycles. The van der Waals surface area contributed by atoms with Crippen LogP contribution >= 0.6 is 11.3 Å². The normalized spacial score (nSPS) is 12.6. The summed E-state index contributed by atoms with van der Waals surface area (Å²) in [6, 6.07) is 9.98. The van der Waals surface area contributed by atoms with Gasteiger partial charge in [-0.1, -0.05) is 18.2 Å². The summed E-state index contributed by atoms with van der Waals surface area (Å²) in [6.45, 7) is 0. The fourth-order valence-corrected chi connectivity index (χ4v) is 2.41. The second-order valence-electron chi connectivity index (χ2n) is 3.68. The van der Waals surface area contributed by atoms with Crippen LogP contribution in [0.5, 0.6) is 0 Å². The lowest BCUT2D eigenvalue weighted by atomic mass is 10.00. The summed E-state index contributed by atoms with van der Waals surface area (Å²) in [5, 5.41) is 4.20. The average Bonchev–Trinajstić information content (AvgIpc) is 2.80. The number of benzene rings is 1. The van der Waals surface area contributed by atoms with Gasteiger partial charge in [0.05, 0.1) is 6.04 Å². The van der Waals surface area contributed by atoms with Crippen molar-refractivity contribution in [3.63, 3.8) is 0 Å². The van der Waals surface area contributed by atoms with Crippen molar-refractivity contribution in [2.45, 2.75) is 12.5 Å². The minimum absolute atomic E-state index is 0.0656. The Morgan fingerprint density at radius 1 is 1.25 bits per heavy atom. The maximum absolute atomic E-state index is 5.93. The fourth-order valence-electron chi connectivity index (χ4n) is 1.73. The summed E-state index contributed by atoms with van der Waals surface area (Å²) < 4.78 is 0. The molecule has 0 saturated carbocycles. The molecule has 0 radical (unpaired) electrons. The number of anilines is 1. The third-order valence-corrected chi connectivity index (χ3v) is 3.32. The van der Waals surface area contributed by atoms with Crippen LogP contribution < -0.4 is 17.0 Å². The van der Waals surface area contributed by atoms with Gasteiger partial charge in [-0.05, 0) is 40.4 Å². The Bertz CT molecular complexity index is 439. The summed E-state index contributed by atoms with van der Waals surface area (Å²) in [6.07, 6.45) is 0.855. The molecule has 0 fully saturated rings. The highest BCUT2D eigenvalue weighted by Gasteiger charge is 2.12. The highest BCUT2D eigenvalue weighted by molar-refractivity contribution is 7.07. The molecule has 0 aliphatic rings. The fraction of sp³-hybridized carbons (Fsp3) is 0.167. The van der Waals surface area contributed by atoms with Crippen LogP contribution in [0.2, 0.25) is 0 Å². The van der Waals surface area contributed by atoms with Gasteiger partial charge < -0.3 is 5.73 Å². The smallest absolute Gasteiger partial charge is 0.0520 e. The number of rotatable bonds is 4. The van der Waals surface area contributed by atoms with Crippen molar-refractivity contribution in [2.75, 3.05) is 5.73 Å². The molecule has 1 unspecified atom stereocenters. The molecule has 1 heterocycles. The van der Waals surface area contributed by atoms with Gasteiger partial charge in [0.1, 0.15) is 0 Å². The Morgan fingerprint density at radius 3 is 2.69 bits per heavy atom. The number of nitrogen functional groups attached to an aromatic ring is 1. The molecule has 0 spiro atoms. The van der Waals surface area contributed by atoms with E-state index in [1.54, 1.807) is 11.3 Å². The monoisotopic (exact) mass is 233 g/mol. The first kappa shape index (κ1) is 11.1. The Kier molecular flexibility index (Phi) is 3.56. The molecular formula is C12H15N3S. The maximum atomic E-state index is 5.93. The minimum Gasteiger partial charge on any atom is -0.398 e. The van der Waals surface area contributed by atoms with Gasteiger partial charge in [0.15, 0.2) is 0 Å². The van der Waals surface area contributed by atoms with E-state index in [0.717, 1.165) is 17.7 Å². The van der Waals surface area contributed by atoms with Crippen LogP contribution in [0.3, 0.4) is 0 Å². The van der Waals surface area contributed by atoms with Crippen LogP contribution in [0.15, 0.2) is 41.1 Å². The summed E-state index contributed by atoms with van der Waals surface area (Å²) >= 11 is 1.69. The first-order valence-corrected chi connectivity index (χ1v) is 6.07. The zero-order chi connectivity index (χ0) is 11.4. The van der Waals surface area contributed by atoms with Crippen LogP contribution in [0, 0.1) is 0 Å². The van der Waals surface area contributed by atoms with Gasteiger partial charge >= 0.3 is 0 Å². The van der Waals surface area contributed by atoms with E-state index in [9.17, 15) is 0 Å². The van der Waals surface area contributed by atoms with Crippen molar-refractivity contribution in [2.24, 2.45) is 5.84 Å². The molecule has 0 aliphatic heterocycles. The van der Waals surface area contributed by atoms with Gasteiger partial charge in [-0.25, -0.2) is 0 Å². The summed E-state index contributed by atoms with van der Waals surface area (Å²) in [7, 11) is 0. The molecule has 16 heavy (non-hydrogen) atoms. The zero-order valence-corrected chi connectivity index (χ0v) is 9.71. The molecule has 0 bridgehead atoms. The zero-order valence-electron chi connectivity index (χ0n) is 8.89. The molecule has 0 aliphatic carbocycles. The van der Waals surface area contributed by atoms with Crippen molar-refractivity contribution in [3.8, 4) is 0 Å². The number of nitrogens with two attached hydrogens (primary N) is 2. The summed E-state index contributed by atoms with van der Waals surface area (Å²) in [5.41, 5.74) is 11.9. The Morgan fingerprint density at radius 2 is 2.06 bits per heavy atom. The number of para-hydroxylation sites is 1. The van der Waals surface area contributed by atoms with Crippen LogP contribution in [0.4, 0.5) is 5.69 Å². The van der Waals surface area contributed by atoms with Gasteiger partial charge in [-0.15, -0.1) is 0 Å². The van der Waals surface area contributed by atoms with Crippen molar-refractivity contribution >= 4 is 17.0 Å². The van der Waals surface area contributed by atoms with Crippen molar-refractivity contribution < 1.29 is 0 Å². The van der Waals surface area contributed by atoms with E-state index in [0.29, 0.717) is 0 Å². The molecule has 0 amide bonds. The van der Waals surface area contributed by atoms with E-state index in [2.05, 4.69) is 22.3 Å². The molecule has 0 saturated heterocycles. The SMILES string of the molecule is NNC(Cc1ccsc1)c1ccccc1N. The van der Waals surface area contributed by atoms with E-state index in [-0.39, 0.29) is 6.04 Å². The lowest BCUT2D eigenvalue weighted by Crippen LogP contribution is -2.30. The molecule has 84 valence electrons. The number of hydrazine groups is 1. The highest BCUT2D eigenvalue weighted by Crippen LogP contribution is 2.23. The highest BCUT2D eigenvalue weighted by atomic mass is 32.1. The largest absolute Gasteiger partial charge is 0.398 e. The first-order chi connectivity index (χ1) is 7.81. The number of hydrogen-bond acceptors (Lipinski definition) is 4. The third-order valence-electron chi connectivity index (χ3n) is 2.59. The Labute approximate surface area is 99.1 Å². The Balaban J connectivity index is 2.20. The molecular weight excluding hydrogens is 218 g/mol. The predicted molar refractivity (Wildman–Crippen MR) is 68.9 cm³/mol. The molecule has 2 aromatic rings. The lowest BCUT2D eigenvalue weighted by Gasteiger charge is -2.17. The van der Waals surface area contributed by atoms with Gasteiger partial charge in [0.2, 0.25) is 0 Å². The van der Waals surface area contributed by atoms with E-state index in [1.807, 2.05) is 24.3 Å². The Hall–Kier alpha value is -1.36. The van der Waals surface area contributed by atoms with Crippen LogP contribution in [0.25, 0.3) is 0 Å².